The molecule has 0 radical (unpaired) electrons. The van der Waals surface area contributed by atoms with Crippen LogP contribution in [-0.4, -0.2) is 57.9 Å². The quantitative estimate of drug-likeness (QED) is 0.843. The third-order valence-corrected chi connectivity index (χ3v) is 5.24. The molecule has 0 amide bonds. The Morgan fingerprint density at radius 1 is 1.14 bits per heavy atom. The fourth-order valence-electron chi connectivity index (χ4n) is 4.13. The number of anilines is 1. The van der Waals surface area contributed by atoms with E-state index < -0.39 is 0 Å². The summed E-state index contributed by atoms with van der Waals surface area (Å²) in [6.07, 6.45) is 4.80. The van der Waals surface area contributed by atoms with Crippen LogP contribution in [0.25, 0.3) is 5.65 Å². The minimum Gasteiger partial charge on any atom is -0.355 e. The Balaban J connectivity index is 1.60. The highest BCUT2D eigenvalue weighted by atomic mass is 15.4. The van der Waals surface area contributed by atoms with Gasteiger partial charge in [0.05, 0.1) is 0 Å². The maximum absolute atomic E-state index is 4.79. The number of aromatic nitrogens is 4. The summed E-state index contributed by atoms with van der Waals surface area (Å²) in [7, 11) is 2.25. The molecule has 118 valence electrons. The Labute approximate surface area is 131 Å². The van der Waals surface area contributed by atoms with Crippen molar-refractivity contribution in [3.8, 4) is 0 Å². The van der Waals surface area contributed by atoms with Gasteiger partial charge in [-0.1, -0.05) is 6.92 Å². The summed E-state index contributed by atoms with van der Waals surface area (Å²) in [5.74, 6) is 2.00. The zero-order chi connectivity index (χ0) is 15.2. The Bertz CT molecular complexity index is 680. The van der Waals surface area contributed by atoms with Gasteiger partial charge in [-0.2, -0.15) is 4.52 Å². The van der Waals surface area contributed by atoms with Gasteiger partial charge in [0.1, 0.15) is 5.82 Å². The second-order valence-corrected chi connectivity index (χ2v) is 6.94. The molecule has 0 aromatic carbocycles. The highest BCUT2D eigenvalue weighted by molar-refractivity contribution is 5.46. The van der Waals surface area contributed by atoms with Crippen molar-refractivity contribution in [3.05, 3.63) is 18.0 Å². The standard InChI is InChI=1S/C16H24N6/c1-3-13-17-18-14-5-6-15(19-22(13)14)21-10-8-16(12-21)7-4-9-20(2)11-16/h5-6H,3-4,7-12H2,1-2H3. The number of piperidine rings is 1. The van der Waals surface area contributed by atoms with Crippen LogP contribution in [0.1, 0.15) is 32.0 Å². The molecule has 2 aromatic rings. The van der Waals surface area contributed by atoms with Gasteiger partial charge in [0.15, 0.2) is 11.5 Å². The Hall–Kier alpha value is -1.69. The minimum absolute atomic E-state index is 0.463. The van der Waals surface area contributed by atoms with Crippen molar-refractivity contribution in [3.63, 3.8) is 0 Å². The summed E-state index contributed by atoms with van der Waals surface area (Å²) in [6, 6.07) is 4.13. The van der Waals surface area contributed by atoms with Crippen LogP contribution in [-0.2, 0) is 6.42 Å². The molecule has 22 heavy (non-hydrogen) atoms. The molecular weight excluding hydrogens is 276 g/mol. The van der Waals surface area contributed by atoms with Gasteiger partial charge in [-0.15, -0.1) is 15.3 Å². The molecular formula is C16H24N6. The van der Waals surface area contributed by atoms with Crippen molar-refractivity contribution in [2.75, 3.05) is 38.1 Å². The SMILES string of the molecule is CCc1nnc2ccc(N3CCC4(CCCN(C)C4)C3)nn12. The lowest BCUT2D eigenvalue weighted by Gasteiger charge is -2.38. The molecule has 0 bridgehead atoms. The molecule has 2 aliphatic heterocycles. The molecule has 1 atom stereocenters. The molecule has 6 nitrogen and oxygen atoms in total. The van der Waals surface area contributed by atoms with Crippen LogP contribution < -0.4 is 4.90 Å². The predicted octanol–water partition coefficient (Wildman–Crippen LogP) is 1.61. The largest absolute Gasteiger partial charge is 0.355 e. The fraction of sp³-hybridized carbons (Fsp3) is 0.688. The monoisotopic (exact) mass is 300 g/mol. The van der Waals surface area contributed by atoms with Crippen LogP contribution >= 0.6 is 0 Å². The first-order valence-corrected chi connectivity index (χ1v) is 8.34. The van der Waals surface area contributed by atoms with Gasteiger partial charge in [0.25, 0.3) is 0 Å². The first-order chi connectivity index (χ1) is 10.7. The summed E-state index contributed by atoms with van der Waals surface area (Å²) < 4.78 is 1.90. The van der Waals surface area contributed by atoms with Crippen molar-refractivity contribution >= 4 is 11.5 Å². The number of hydrogen-bond donors (Lipinski definition) is 0. The summed E-state index contributed by atoms with van der Waals surface area (Å²) in [5, 5.41) is 13.2. The van der Waals surface area contributed by atoms with Crippen molar-refractivity contribution in [2.45, 2.75) is 32.6 Å². The minimum atomic E-state index is 0.463. The molecule has 0 aliphatic carbocycles. The number of fused-ring (bicyclic) bond motifs is 1. The first kappa shape index (κ1) is 13.9. The maximum atomic E-state index is 4.79. The molecule has 2 saturated heterocycles. The maximum Gasteiger partial charge on any atom is 0.178 e. The number of rotatable bonds is 2. The molecule has 0 N–H and O–H groups in total. The average Bonchev–Trinajstić information content (AvgIpc) is 3.10. The highest BCUT2D eigenvalue weighted by Crippen LogP contribution is 2.39. The molecule has 4 heterocycles. The highest BCUT2D eigenvalue weighted by Gasteiger charge is 2.41. The van der Waals surface area contributed by atoms with E-state index in [1.807, 2.05) is 10.6 Å². The van der Waals surface area contributed by atoms with E-state index in [-0.39, 0.29) is 0 Å². The lowest BCUT2D eigenvalue weighted by Crippen LogP contribution is -2.43. The van der Waals surface area contributed by atoms with Gasteiger partial charge in [0.2, 0.25) is 0 Å². The molecule has 2 aliphatic rings. The third kappa shape index (κ3) is 2.26. The number of aryl methyl sites for hydroxylation is 1. The molecule has 4 rings (SSSR count). The predicted molar refractivity (Wildman–Crippen MR) is 86.2 cm³/mol. The zero-order valence-electron chi connectivity index (χ0n) is 13.5. The van der Waals surface area contributed by atoms with Gasteiger partial charge in [-0.05, 0) is 45.0 Å². The Kier molecular flexibility index (Phi) is 3.29. The van der Waals surface area contributed by atoms with E-state index in [9.17, 15) is 0 Å². The van der Waals surface area contributed by atoms with Gasteiger partial charge in [-0.3, -0.25) is 0 Å². The van der Waals surface area contributed by atoms with Gasteiger partial charge in [0, 0.05) is 31.5 Å². The third-order valence-electron chi connectivity index (χ3n) is 5.24. The Morgan fingerprint density at radius 2 is 2.05 bits per heavy atom. The second-order valence-electron chi connectivity index (χ2n) is 6.94. The summed E-state index contributed by atoms with van der Waals surface area (Å²) >= 11 is 0. The van der Waals surface area contributed by atoms with Crippen molar-refractivity contribution < 1.29 is 0 Å². The second kappa shape index (κ2) is 5.19. The molecule has 0 saturated carbocycles. The van der Waals surface area contributed by atoms with E-state index in [2.05, 4.69) is 40.0 Å². The zero-order valence-corrected chi connectivity index (χ0v) is 13.5. The number of likely N-dealkylation sites (tertiary alicyclic amines) is 1. The smallest absolute Gasteiger partial charge is 0.178 e. The lowest BCUT2D eigenvalue weighted by atomic mass is 9.79. The van der Waals surface area contributed by atoms with Crippen LogP contribution in [0.5, 0.6) is 0 Å². The van der Waals surface area contributed by atoms with Crippen LogP contribution in [0.4, 0.5) is 5.82 Å². The van der Waals surface area contributed by atoms with Crippen LogP contribution in [0.15, 0.2) is 12.1 Å². The molecule has 2 aromatic heterocycles. The van der Waals surface area contributed by atoms with Gasteiger partial charge < -0.3 is 9.80 Å². The normalized spacial score (nSPS) is 26.4. The molecule has 1 unspecified atom stereocenters. The van der Waals surface area contributed by atoms with Gasteiger partial charge >= 0.3 is 0 Å². The van der Waals surface area contributed by atoms with Gasteiger partial charge in [-0.25, -0.2) is 0 Å². The van der Waals surface area contributed by atoms with Crippen LogP contribution in [0.2, 0.25) is 0 Å². The number of nitrogens with zero attached hydrogens (tertiary/aromatic N) is 6. The van der Waals surface area contributed by atoms with Crippen LogP contribution in [0, 0.1) is 5.41 Å². The van der Waals surface area contributed by atoms with E-state index in [0.717, 1.165) is 36.8 Å². The first-order valence-electron chi connectivity index (χ1n) is 8.34. The fourth-order valence-corrected chi connectivity index (χ4v) is 4.13. The van der Waals surface area contributed by atoms with Crippen molar-refractivity contribution in [1.82, 2.24) is 24.7 Å². The molecule has 2 fully saturated rings. The van der Waals surface area contributed by atoms with E-state index in [1.165, 1.54) is 32.4 Å². The topological polar surface area (TPSA) is 49.6 Å². The van der Waals surface area contributed by atoms with E-state index in [4.69, 9.17) is 5.10 Å². The van der Waals surface area contributed by atoms with Crippen molar-refractivity contribution in [1.29, 1.82) is 0 Å². The van der Waals surface area contributed by atoms with E-state index in [1.54, 1.807) is 0 Å². The van der Waals surface area contributed by atoms with Crippen molar-refractivity contribution in [2.24, 2.45) is 5.41 Å². The number of hydrogen-bond acceptors (Lipinski definition) is 5. The summed E-state index contributed by atoms with van der Waals surface area (Å²) in [4.78, 5) is 4.93. The van der Waals surface area contributed by atoms with E-state index in [0.29, 0.717) is 5.41 Å². The summed E-state index contributed by atoms with van der Waals surface area (Å²) in [5.41, 5.74) is 1.30. The lowest BCUT2D eigenvalue weighted by molar-refractivity contribution is 0.128. The average molecular weight is 300 g/mol. The molecule has 6 heteroatoms. The van der Waals surface area contributed by atoms with Crippen LogP contribution in [0.3, 0.4) is 0 Å². The van der Waals surface area contributed by atoms with E-state index >= 15 is 0 Å². The Morgan fingerprint density at radius 3 is 2.86 bits per heavy atom. The molecule has 1 spiro atoms. The summed E-state index contributed by atoms with van der Waals surface area (Å²) in [6.45, 7) is 6.79.